The van der Waals surface area contributed by atoms with E-state index in [-0.39, 0.29) is 30.5 Å². The Morgan fingerprint density at radius 3 is 2.64 bits per heavy atom. The van der Waals surface area contributed by atoms with Crippen molar-refractivity contribution in [1.82, 2.24) is 15.5 Å². The lowest BCUT2D eigenvalue weighted by Gasteiger charge is -2.50. The Hall–Kier alpha value is -1.63. The minimum Gasteiger partial charge on any atom is -0.377 e. The van der Waals surface area contributed by atoms with Gasteiger partial charge in [-0.15, -0.1) is 0 Å². The summed E-state index contributed by atoms with van der Waals surface area (Å²) in [6.45, 7) is 3.85. The Morgan fingerprint density at radius 2 is 2.00 bits per heavy atom. The molecular weight excluding hydrogens is 322 g/mol. The molecule has 4 aliphatic rings. The molecule has 0 bridgehead atoms. The third kappa shape index (κ3) is 2.72. The third-order valence-corrected chi connectivity index (χ3v) is 6.46. The highest BCUT2D eigenvalue weighted by Gasteiger charge is 2.57. The lowest BCUT2D eigenvalue weighted by atomic mass is 9.61. The minimum atomic E-state index is -0.940. The first-order valence-electron chi connectivity index (χ1n) is 9.43. The predicted molar refractivity (Wildman–Crippen MR) is 89.5 cm³/mol. The highest BCUT2D eigenvalue weighted by Crippen LogP contribution is 2.51. The molecule has 4 atom stereocenters. The fraction of sp³-hybridized carbons (Fsp3) is 0.833. The molecule has 4 amide bonds. The van der Waals surface area contributed by atoms with Crippen molar-refractivity contribution in [3.05, 3.63) is 0 Å². The first-order chi connectivity index (χ1) is 11.9. The smallest absolute Gasteiger partial charge is 0.325 e. The third-order valence-electron chi connectivity index (χ3n) is 6.46. The van der Waals surface area contributed by atoms with Gasteiger partial charge < -0.3 is 15.4 Å². The van der Waals surface area contributed by atoms with Gasteiger partial charge in [0.15, 0.2) is 0 Å². The van der Waals surface area contributed by atoms with E-state index in [1.807, 2.05) is 0 Å². The maximum Gasteiger partial charge on any atom is 0.325 e. The summed E-state index contributed by atoms with van der Waals surface area (Å²) in [7, 11) is 0. The second kappa shape index (κ2) is 5.97. The largest absolute Gasteiger partial charge is 0.377 e. The first-order valence-corrected chi connectivity index (χ1v) is 9.43. The molecule has 2 aliphatic carbocycles. The Morgan fingerprint density at radius 1 is 1.28 bits per heavy atom. The number of ether oxygens (including phenoxy) is 1. The molecule has 4 fully saturated rings. The molecule has 0 spiro atoms. The van der Waals surface area contributed by atoms with E-state index >= 15 is 0 Å². The number of rotatable bonds is 4. The Bertz CT molecular complexity index is 594. The Labute approximate surface area is 147 Å². The maximum absolute atomic E-state index is 12.5. The summed E-state index contributed by atoms with van der Waals surface area (Å²) in [5.74, 6) is 0.795. The molecule has 138 valence electrons. The van der Waals surface area contributed by atoms with Gasteiger partial charge in [-0.05, 0) is 26.2 Å². The van der Waals surface area contributed by atoms with Gasteiger partial charge in [-0.3, -0.25) is 14.5 Å². The van der Waals surface area contributed by atoms with Crippen molar-refractivity contribution in [1.29, 1.82) is 0 Å². The SMILES string of the molecule is CC1(C)NC(=O)N(CC(=O)N[C@H]2[C@H]3CCO[C@H]3[C@H]2C2CCCC2)C1=O. The maximum atomic E-state index is 12.5. The number of nitrogens with zero attached hydrogens (tertiary/aromatic N) is 1. The van der Waals surface area contributed by atoms with Crippen molar-refractivity contribution >= 4 is 17.8 Å². The van der Waals surface area contributed by atoms with Crippen LogP contribution in [-0.2, 0) is 14.3 Å². The van der Waals surface area contributed by atoms with Crippen molar-refractivity contribution < 1.29 is 19.1 Å². The van der Waals surface area contributed by atoms with E-state index in [4.69, 9.17) is 4.74 Å². The van der Waals surface area contributed by atoms with Crippen LogP contribution in [-0.4, -0.2) is 53.6 Å². The summed E-state index contributed by atoms with van der Waals surface area (Å²) in [5.41, 5.74) is -0.940. The van der Waals surface area contributed by atoms with Crippen molar-refractivity contribution in [2.45, 2.75) is 63.6 Å². The Balaban J connectivity index is 1.40. The van der Waals surface area contributed by atoms with Crippen LogP contribution in [0.25, 0.3) is 0 Å². The van der Waals surface area contributed by atoms with Crippen LogP contribution in [0.2, 0.25) is 0 Å². The lowest BCUT2D eigenvalue weighted by molar-refractivity contribution is -0.137. The van der Waals surface area contributed by atoms with Crippen LogP contribution in [0.1, 0.15) is 46.0 Å². The fourth-order valence-electron chi connectivity index (χ4n) is 5.20. The molecule has 2 aliphatic heterocycles. The van der Waals surface area contributed by atoms with E-state index in [0.717, 1.165) is 17.9 Å². The fourth-order valence-corrected chi connectivity index (χ4v) is 5.20. The average Bonchev–Trinajstić information content (AvgIpc) is 3.23. The van der Waals surface area contributed by atoms with E-state index in [0.29, 0.717) is 17.8 Å². The zero-order valence-corrected chi connectivity index (χ0v) is 14.9. The van der Waals surface area contributed by atoms with Crippen LogP contribution in [0.5, 0.6) is 0 Å². The van der Waals surface area contributed by atoms with Crippen LogP contribution in [0.15, 0.2) is 0 Å². The van der Waals surface area contributed by atoms with Gasteiger partial charge in [0, 0.05) is 24.5 Å². The molecule has 25 heavy (non-hydrogen) atoms. The summed E-state index contributed by atoms with van der Waals surface area (Å²) in [6.07, 6.45) is 6.21. The standard InChI is InChI=1S/C18H27N3O4/c1-18(2)16(23)21(17(24)20-18)9-12(22)19-14-11-7-8-25-15(11)13(14)10-5-3-4-6-10/h10-11,13-15H,3-9H2,1-2H3,(H,19,22)(H,20,24)/t11-,13+,14+,15-/m1/s1. The van der Waals surface area contributed by atoms with E-state index in [2.05, 4.69) is 10.6 Å². The topological polar surface area (TPSA) is 87.7 Å². The van der Waals surface area contributed by atoms with Crippen molar-refractivity contribution in [2.24, 2.45) is 17.8 Å². The van der Waals surface area contributed by atoms with Crippen LogP contribution in [0, 0.1) is 17.8 Å². The summed E-state index contributed by atoms with van der Waals surface area (Å²) in [4.78, 5) is 37.7. The van der Waals surface area contributed by atoms with E-state index < -0.39 is 11.6 Å². The predicted octanol–water partition coefficient (Wildman–Crippen LogP) is 1.03. The van der Waals surface area contributed by atoms with Crippen LogP contribution >= 0.6 is 0 Å². The molecule has 4 rings (SSSR count). The normalized spacial score (nSPS) is 37.0. The molecule has 2 N–H and O–H groups in total. The van der Waals surface area contributed by atoms with Crippen molar-refractivity contribution in [2.75, 3.05) is 13.2 Å². The van der Waals surface area contributed by atoms with Crippen LogP contribution in [0.3, 0.4) is 0 Å². The van der Waals surface area contributed by atoms with Gasteiger partial charge in [0.2, 0.25) is 5.91 Å². The summed E-state index contributed by atoms with van der Waals surface area (Å²) in [5, 5.41) is 5.72. The van der Waals surface area contributed by atoms with Crippen molar-refractivity contribution in [3.8, 4) is 0 Å². The van der Waals surface area contributed by atoms with Gasteiger partial charge in [0.1, 0.15) is 12.1 Å². The summed E-state index contributed by atoms with van der Waals surface area (Å²) >= 11 is 0. The van der Waals surface area contributed by atoms with E-state index in [9.17, 15) is 14.4 Å². The van der Waals surface area contributed by atoms with Crippen LogP contribution in [0.4, 0.5) is 4.79 Å². The van der Waals surface area contributed by atoms with Gasteiger partial charge >= 0.3 is 6.03 Å². The van der Waals surface area contributed by atoms with E-state index in [1.54, 1.807) is 13.8 Å². The van der Waals surface area contributed by atoms with Crippen LogP contribution < -0.4 is 10.6 Å². The van der Waals surface area contributed by atoms with Crippen molar-refractivity contribution in [3.63, 3.8) is 0 Å². The molecule has 2 saturated carbocycles. The molecule has 7 nitrogen and oxygen atoms in total. The zero-order valence-electron chi connectivity index (χ0n) is 14.9. The first kappa shape index (κ1) is 16.8. The van der Waals surface area contributed by atoms with Gasteiger partial charge in [-0.2, -0.15) is 0 Å². The highest BCUT2D eigenvalue weighted by atomic mass is 16.5. The average molecular weight is 349 g/mol. The van der Waals surface area contributed by atoms with Gasteiger partial charge in [0.05, 0.1) is 6.10 Å². The number of carbonyl (C=O) groups excluding carboxylic acids is 3. The monoisotopic (exact) mass is 349 g/mol. The second-order valence-corrected chi connectivity index (χ2v) is 8.45. The molecule has 0 aromatic rings. The zero-order chi connectivity index (χ0) is 17.8. The number of carbonyl (C=O) groups is 3. The van der Waals surface area contributed by atoms with Gasteiger partial charge in [-0.1, -0.05) is 25.7 Å². The molecule has 0 aromatic heterocycles. The number of fused-ring (bicyclic) bond motifs is 1. The molecule has 2 heterocycles. The number of imide groups is 1. The molecule has 2 saturated heterocycles. The quantitative estimate of drug-likeness (QED) is 0.742. The highest BCUT2D eigenvalue weighted by molar-refractivity contribution is 6.08. The summed E-state index contributed by atoms with van der Waals surface area (Å²) < 4.78 is 5.90. The minimum absolute atomic E-state index is 0.122. The number of urea groups is 1. The number of nitrogens with one attached hydrogen (secondary N) is 2. The molecule has 0 aromatic carbocycles. The molecular formula is C18H27N3O4. The molecule has 7 heteroatoms. The lowest BCUT2D eigenvalue weighted by Crippen LogP contribution is -2.64. The van der Waals surface area contributed by atoms with E-state index in [1.165, 1.54) is 25.7 Å². The number of amides is 4. The molecule has 0 radical (unpaired) electrons. The number of hydrogen-bond donors (Lipinski definition) is 2. The summed E-state index contributed by atoms with van der Waals surface area (Å²) in [6, 6.07) is -0.370. The van der Waals surface area contributed by atoms with Gasteiger partial charge in [-0.25, -0.2) is 4.79 Å². The second-order valence-electron chi connectivity index (χ2n) is 8.45. The van der Waals surface area contributed by atoms with Gasteiger partial charge in [0.25, 0.3) is 5.91 Å². The molecule has 0 unspecified atom stereocenters. The number of hydrogen-bond acceptors (Lipinski definition) is 4. The Kier molecular flexibility index (Phi) is 4.02.